The molecule has 0 aliphatic heterocycles. The number of carbonyl (C=O) groups excluding carboxylic acids is 1. The minimum absolute atomic E-state index is 0.147. The van der Waals surface area contributed by atoms with Crippen LogP contribution in [0.25, 0.3) is 0 Å². The molecule has 8 nitrogen and oxygen atoms in total. The molecule has 0 saturated carbocycles. The van der Waals surface area contributed by atoms with E-state index in [-0.39, 0.29) is 25.5 Å². The van der Waals surface area contributed by atoms with Crippen molar-refractivity contribution in [3.8, 4) is 5.75 Å². The number of benzene rings is 1. The lowest BCUT2D eigenvalue weighted by Crippen LogP contribution is -2.21. The molecule has 0 N–H and O–H groups in total. The molecule has 0 aliphatic rings. The van der Waals surface area contributed by atoms with Crippen LogP contribution in [0.2, 0.25) is 0 Å². The molecule has 0 aliphatic carbocycles. The van der Waals surface area contributed by atoms with Crippen LogP contribution in [0, 0.1) is 0 Å². The van der Waals surface area contributed by atoms with E-state index < -0.39 is 22.1 Å². The molecular formula is C17H22N2O6S. The summed E-state index contributed by atoms with van der Waals surface area (Å²) >= 11 is 0. The van der Waals surface area contributed by atoms with Gasteiger partial charge in [0.1, 0.15) is 23.7 Å². The maximum atomic E-state index is 12.2. The zero-order valence-corrected chi connectivity index (χ0v) is 15.7. The highest BCUT2D eigenvalue weighted by Gasteiger charge is 2.21. The van der Waals surface area contributed by atoms with Gasteiger partial charge < -0.3 is 9.47 Å². The number of carbonyl (C=O) groups is 1. The third kappa shape index (κ3) is 5.85. The maximum absolute atomic E-state index is 12.2. The summed E-state index contributed by atoms with van der Waals surface area (Å²) in [7, 11) is -3.59. The lowest BCUT2D eigenvalue weighted by atomic mass is 10.3. The van der Waals surface area contributed by atoms with E-state index in [4.69, 9.17) is 13.7 Å². The Labute approximate surface area is 152 Å². The molecule has 1 unspecified atom stereocenters. The van der Waals surface area contributed by atoms with E-state index in [2.05, 4.69) is 5.10 Å². The van der Waals surface area contributed by atoms with Gasteiger partial charge in [0.2, 0.25) is 0 Å². The minimum atomic E-state index is -3.59. The van der Waals surface area contributed by atoms with Crippen LogP contribution in [0.3, 0.4) is 0 Å². The van der Waals surface area contributed by atoms with Gasteiger partial charge in [-0.1, -0.05) is 18.2 Å². The van der Waals surface area contributed by atoms with Gasteiger partial charge in [-0.25, -0.2) is 4.79 Å². The molecule has 1 aromatic heterocycles. The summed E-state index contributed by atoms with van der Waals surface area (Å²) in [4.78, 5) is 12.2. The van der Waals surface area contributed by atoms with E-state index in [1.54, 1.807) is 19.9 Å². The molecule has 142 valence electrons. The molecule has 0 radical (unpaired) electrons. The van der Waals surface area contributed by atoms with Gasteiger partial charge in [-0.15, -0.1) is 0 Å². The topological polar surface area (TPSA) is 96.7 Å². The van der Waals surface area contributed by atoms with Crippen LogP contribution >= 0.6 is 0 Å². The van der Waals surface area contributed by atoms with Crippen LogP contribution in [0.5, 0.6) is 5.75 Å². The second kappa shape index (κ2) is 8.81. The van der Waals surface area contributed by atoms with Crippen LogP contribution in [0.4, 0.5) is 0 Å². The van der Waals surface area contributed by atoms with Crippen molar-refractivity contribution in [1.82, 2.24) is 9.78 Å². The molecule has 0 spiro atoms. The molecule has 9 heteroatoms. The fraction of sp³-hybridized carbons (Fsp3) is 0.412. The van der Waals surface area contributed by atoms with Crippen molar-refractivity contribution in [1.29, 1.82) is 0 Å². The number of rotatable bonds is 9. The third-order valence-electron chi connectivity index (χ3n) is 3.34. The van der Waals surface area contributed by atoms with E-state index in [0.717, 1.165) is 6.26 Å². The van der Waals surface area contributed by atoms with Crippen molar-refractivity contribution < 1.29 is 26.9 Å². The van der Waals surface area contributed by atoms with Gasteiger partial charge in [-0.2, -0.15) is 13.5 Å². The van der Waals surface area contributed by atoms with Gasteiger partial charge in [0.15, 0.2) is 0 Å². The maximum Gasteiger partial charge on any atom is 0.356 e. The van der Waals surface area contributed by atoms with Crippen molar-refractivity contribution >= 4 is 16.1 Å². The summed E-state index contributed by atoms with van der Waals surface area (Å²) in [5.41, 5.74) is 0.728. The predicted molar refractivity (Wildman–Crippen MR) is 94.5 cm³/mol. The highest BCUT2D eigenvalue weighted by molar-refractivity contribution is 7.85. The largest absolute Gasteiger partial charge is 0.487 e. The highest BCUT2D eigenvalue weighted by Crippen LogP contribution is 2.17. The van der Waals surface area contributed by atoms with E-state index >= 15 is 0 Å². The van der Waals surface area contributed by atoms with Gasteiger partial charge in [0.05, 0.1) is 25.5 Å². The first-order valence-corrected chi connectivity index (χ1v) is 9.89. The Bertz CT molecular complexity index is 832. The summed E-state index contributed by atoms with van der Waals surface area (Å²) in [6.07, 6.45) is 0.966. The molecule has 1 heterocycles. The predicted octanol–water partition coefficient (Wildman–Crippen LogP) is 2.18. The summed E-state index contributed by atoms with van der Waals surface area (Å²) in [6.45, 7) is 3.63. The van der Waals surface area contributed by atoms with Gasteiger partial charge in [0.25, 0.3) is 10.1 Å². The Balaban J connectivity index is 2.18. The first-order valence-electron chi connectivity index (χ1n) is 8.08. The molecule has 2 rings (SSSR count). The zero-order chi connectivity index (χ0) is 19.2. The molecule has 0 amide bonds. The minimum Gasteiger partial charge on any atom is -0.487 e. The fourth-order valence-corrected chi connectivity index (χ4v) is 2.62. The molecule has 0 saturated heterocycles. The van der Waals surface area contributed by atoms with Crippen molar-refractivity contribution in [2.45, 2.75) is 26.5 Å². The number of nitrogens with zero attached hydrogens (tertiary/aromatic N) is 2. The van der Waals surface area contributed by atoms with Gasteiger partial charge in [0, 0.05) is 0 Å². The van der Waals surface area contributed by atoms with Gasteiger partial charge in [-0.3, -0.25) is 8.86 Å². The Morgan fingerprint density at radius 3 is 2.58 bits per heavy atom. The molecule has 26 heavy (non-hydrogen) atoms. The summed E-state index contributed by atoms with van der Waals surface area (Å²) in [6, 6.07) is 10.3. The first kappa shape index (κ1) is 19.9. The second-order valence-electron chi connectivity index (χ2n) is 5.63. The van der Waals surface area contributed by atoms with Crippen LogP contribution in [0.15, 0.2) is 36.4 Å². The van der Waals surface area contributed by atoms with Gasteiger partial charge in [-0.05, 0) is 32.0 Å². The zero-order valence-electron chi connectivity index (χ0n) is 14.9. The lowest BCUT2D eigenvalue weighted by molar-refractivity contribution is 0.0507. The fourth-order valence-electron chi connectivity index (χ4n) is 2.18. The third-order valence-corrected chi connectivity index (χ3v) is 3.91. The average Bonchev–Trinajstić information content (AvgIpc) is 3.03. The molecule has 1 atom stereocenters. The highest BCUT2D eigenvalue weighted by atomic mass is 32.2. The smallest absolute Gasteiger partial charge is 0.356 e. The molecule has 1 aromatic carbocycles. The van der Waals surface area contributed by atoms with Crippen molar-refractivity contribution in [3.63, 3.8) is 0 Å². The first-order chi connectivity index (χ1) is 12.3. The average molecular weight is 382 g/mol. The van der Waals surface area contributed by atoms with E-state index in [1.807, 2.05) is 30.3 Å². The number of hydrogen-bond acceptors (Lipinski definition) is 7. The van der Waals surface area contributed by atoms with Gasteiger partial charge >= 0.3 is 5.97 Å². The number of ether oxygens (including phenoxy) is 2. The normalized spacial score (nSPS) is 12.6. The SMILES string of the molecule is CCOC(=O)c1cc(COc2ccccc2)nn1C(C)COS(C)(=O)=O. The quantitative estimate of drug-likeness (QED) is 0.484. The van der Waals surface area contributed by atoms with Crippen molar-refractivity contribution in [2.75, 3.05) is 19.5 Å². The Morgan fingerprint density at radius 2 is 1.96 bits per heavy atom. The number of aromatic nitrogens is 2. The molecule has 0 fully saturated rings. The second-order valence-corrected chi connectivity index (χ2v) is 7.27. The van der Waals surface area contributed by atoms with E-state index in [9.17, 15) is 13.2 Å². The lowest BCUT2D eigenvalue weighted by Gasteiger charge is -2.14. The summed E-state index contributed by atoms with van der Waals surface area (Å²) in [5.74, 6) is 0.130. The van der Waals surface area contributed by atoms with E-state index in [0.29, 0.717) is 11.4 Å². The Hall–Kier alpha value is -2.39. The van der Waals surface area contributed by atoms with Crippen LogP contribution in [-0.2, 0) is 25.6 Å². The number of esters is 1. The summed E-state index contributed by atoms with van der Waals surface area (Å²) < 4.78 is 39.3. The van der Waals surface area contributed by atoms with Crippen LogP contribution in [0.1, 0.15) is 36.1 Å². The molecule has 2 aromatic rings. The summed E-state index contributed by atoms with van der Waals surface area (Å²) in [5, 5.41) is 4.35. The monoisotopic (exact) mass is 382 g/mol. The number of hydrogen-bond donors (Lipinski definition) is 0. The van der Waals surface area contributed by atoms with E-state index in [1.165, 1.54) is 4.68 Å². The Morgan fingerprint density at radius 1 is 1.27 bits per heavy atom. The number of para-hydroxylation sites is 1. The Kier molecular flexibility index (Phi) is 6.76. The van der Waals surface area contributed by atoms with Crippen LogP contribution in [-0.4, -0.2) is 43.6 Å². The molecule has 0 bridgehead atoms. The van der Waals surface area contributed by atoms with Crippen molar-refractivity contribution in [2.24, 2.45) is 0 Å². The molecular weight excluding hydrogens is 360 g/mol. The van der Waals surface area contributed by atoms with Crippen LogP contribution < -0.4 is 4.74 Å². The van der Waals surface area contributed by atoms with Crippen molar-refractivity contribution in [3.05, 3.63) is 47.8 Å². The standard InChI is InChI=1S/C17H22N2O6S/c1-4-23-17(20)16-10-14(12-24-15-8-6-5-7-9-15)18-19(16)13(2)11-25-26(3,21)22/h5-10,13H,4,11-12H2,1-3H3.